The summed E-state index contributed by atoms with van der Waals surface area (Å²) in [6, 6.07) is 12.2. The summed E-state index contributed by atoms with van der Waals surface area (Å²) in [5, 5.41) is 9.75. The van der Waals surface area contributed by atoms with Crippen LogP contribution in [0.2, 0.25) is 0 Å². The number of aryl methyl sites for hydroxylation is 2. The van der Waals surface area contributed by atoms with E-state index >= 15 is 0 Å². The molecular weight excluding hydrogens is 361 g/mol. The minimum Gasteiger partial charge on any atom is -0.282 e. The predicted octanol–water partition coefficient (Wildman–Crippen LogP) is 5.41. The lowest BCUT2D eigenvalue weighted by Gasteiger charge is -2.19. The summed E-state index contributed by atoms with van der Waals surface area (Å²) in [7, 11) is 0. The number of anilines is 1. The lowest BCUT2D eigenvalue weighted by molar-refractivity contribution is 0.0982. The summed E-state index contributed by atoms with van der Waals surface area (Å²) in [6.07, 6.45) is 1.72. The summed E-state index contributed by atoms with van der Waals surface area (Å²) < 4.78 is 14.1. The highest BCUT2D eigenvalue weighted by Crippen LogP contribution is 2.31. The van der Waals surface area contributed by atoms with E-state index in [1.807, 2.05) is 32.9 Å². The molecule has 3 rings (SSSR count). The van der Waals surface area contributed by atoms with Gasteiger partial charge in [0, 0.05) is 12.1 Å². The normalized spacial score (nSPS) is 10.8. The number of rotatable bonds is 6. The summed E-state index contributed by atoms with van der Waals surface area (Å²) in [5.41, 5.74) is 3.32. The summed E-state index contributed by atoms with van der Waals surface area (Å²) in [6.45, 7) is 6.60. The first kappa shape index (κ1) is 19.2. The molecule has 0 saturated carbocycles. The number of aromatic nitrogens is 2. The van der Waals surface area contributed by atoms with E-state index in [-0.39, 0.29) is 11.5 Å². The second kappa shape index (κ2) is 8.39. The average molecular weight is 383 g/mol. The summed E-state index contributed by atoms with van der Waals surface area (Å²) in [5.74, 6) is -0.910. The molecule has 0 radical (unpaired) electrons. The number of hydrogen-bond acceptors (Lipinski definition) is 4. The smallest absolute Gasteiger partial charge is 0.263 e. The maximum atomic E-state index is 14.1. The van der Waals surface area contributed by atoms with Crippen LogP contribution in [0.5, 0.6) is 0 Å². The Labute approximate surface area is 162 Å². The van der Waals surface area contributed by atoms with E-state index in [1.165, 1.54) is 28.4 Å². The van der Waals surface area contributed by atoms with Crippen molar-refractivity contribution >= 4 is 22.4 Å². The van der Waals surface area contributed by atoms with Gasteiger partial charge in [-0.3, -0.25) is 9.69 Å². The highest BCUT2D eigenvalue weighted by atomic mass is 32.1. The number of carbonyl (C=O) groups excluding carboxylic acids is 1. The molecule has 1 amide bonds. The van der Waals surface area contributed by atoms with Gasteiger partial charge in [0.05, 0.1) is 5.56 Å². The zero-order valence-electron chi connectivity index (χ0n) is 15.7. The molecule has 1 heterocycles. The van der Waals surface area contributed by atoms with E-state index in [1.54, 1.807) is 12.1 Å². The molecule has 4 nitrogen and oxygen atoms in total. The average Bonchev–Trinajstić information content (AvgIpc) is 3.11. The van der Waals surface area contributed by atoms with Crippen molar-refractivity contribution in [1.29, 1.82) is 0 Å². The van der Waals surface area contributed by atoms with Crippen molar-refractivity contribution in [1.82, 2.24) is 10.2 Å². The van der Waals surface area contributed by atoms with E-state index in [2.05, 4.69) is 16.3 Å². The second-order valence-electron chi connectivity index (χ2n) is 6.56. The molecule has 27 heavy (non-hydrogen) atoms. The molecule has 0 bridgehead atoms. The van der Waals surface area contributed by atoms with Crippen molar-refractivity contribution in [3.05, 3.63) is 65.0 Å². The molecule has 0 unspecified atom stereocenters. The fourth-order valence-corrected chi connectivity index (χ4v) is 3.78. The Kier molecular flexibility index (Phi) is 5.96. The maximum absolute atomic E-state index is 14.1. The van der Waals surface area contributed by atoms with Crippen molar-refractivity contribution in [3.63, 3.8) is 0 Å². The summed E-state index contributed by atoms with van der Waals surface area (Å²) in [4.78, 5) is 14.5. The van der Waals surface area contributed by atoms with Gasteiger partial charge in [-0.2, -0.15) is 0 Å². The predicted molar refractivity (Wildman–Crippen MR) is 108 cm³/mol. The third kappa shape index (κ3) is 4.39. The molecule has 1 aromatic heterocycles. The first-order valence-corrected chi connectivity index (χ1v) is 9.80. The fraction of sp³-hybridized carbons (Fsp3) is 0.286. The van der Waals surface area contributed by atoms with Crippen LogP contribution in [0.1, 0.15) is 41.3 Å². The van der Waals surface area contributed by atoms with Gasteiger partial charge >= 0.3 is 0 Å². The number of carbonyl (C=O) groups is 1. The number of unbranched alkanes of at least 4 members (excludes halogenated alkanes) is 1. The molecule has 0 atom stereocenters. The van der Waals surface area contributed by atoms with Crippen molar-refractivity contribution in [3.8, 4) is 10.6 Å². The molecule has 140 valence electrons. The first-order valence-electron chi connectivity index (χ1n) is 8.98. The maximum Gasteiger partial charge on any atom is 0.263 e. The van der Waals surface area contributed by atoms with Gasteiger partial charge < -0.3 is 0 Å². The van der Waals surface area contributed by atoms with Crippen LogP contribution in [0, 0.1) is 19.7 Å². The molecule has 0 aliphatic rings. The fourth-order valence-electron chi connectivity index (χ4n) is 2.92. The number of halogens is 1. The number of benzene rings is 2. The van der Waals surface area contributed by atoms with Crippen molar-refractivity contribution < 1.29 is 9.18 Å². The monoisotopic (exact) mass is 383 g/mol. The van der Waals surface area contributed by atoms with Gasteiger partial charge in [0.15, 0.2) is 0 Å². The van der Waals surface area contributed by atoms with Gasteiger partial charge in [-0.05, 0) is 44.5 Å². The Morgan fingerprint density at radius 3 is 2.48 bits per heavy atom. The summed E-state index contributed by atoms with van der Waals surface area (Å²) >= 11 is 1.35. The molecule has 0 N–H and O–H groups in total. The van der Waals surface area contributed by atoms with Gasteiger partial charge in [-0.15, -0.1) is 10.2 Å². The lowest BCUT2D eigenvalue weighted by Crippen LogP contribution is -2.32. The van der Waals surface area contributed by atoms with Gasteiger partial charge in [0.2, 0.25) is 5.13 Å². The Bertz CT molecular complexity index is 934. The van der Waals surface area contributed by atoms with Crippen LogP contribution in [0.25, 0.3) is 10.6 Å². The van der Waals surface area contributed by atoms with E-state index < -0.39 is 5.82 Å². The number of amides is 1. The largest absolute Gasteiger partial charge is 0.282 e. The molecule has 2 aromatic carbocycles. The Morgan fingerprint density at radius 1 is 1.11 bits per heavy atom. The minimum absolute atomic E-state index is 0.0525. The first-order chi connectivity index (χ1) is 13.0. The highest BCUT2D eigenvalue weighted by molar-refractivity contribution is 7.18. The van der Waals surface area contributed by atoms with E-state index in [0.29, 0.717) is 11.7 Å². The molecule has 0 saturated heterocycles. The lowest BCUT2D eigenvalue weighted by atomic mass is 10.1. The number of hydrogen-bond donors (Lipinski definition) is 0. The Morgan fingerprint density at radius 2 is 1.81 bits per heavy atom. The van der Waals surface area contributed by atoms with Crippen molar-refractivity contribution in [2.24, 2.45) is 0 Å². The second-order valence-corrected chi connectivity index (χ2v) is 7.51. The zero-order valence-corrected chi connectivity index (χ0v) is 16.5. The van der Waals surface area contributed by atoms with E-state index in [9.17, 15) is 9.18 Å². The minimum atomic E-state index is -0.525. The van der Waals surface area contributed by atoms with Gasteiger partial charge in [-0.25, -0.2) is 4.39 Å². The van der Waals surface area contributed by atoms with Crippen LogP contribution in [0.15, 0.2) is 42.5 Å². The number of nitrogens with zero attached hydrogens (tertiary/aromatic N) is 3. The van der Waals surface area contributed by atoms with E-state index in [0.717, 1.165) is 34.5 Å². The molecule has 6 heteroatoms. The molecular formula is C21H22FN3OS. The molecule has 0 aliphatic heterocycles. The molecule has 0 fully saturated rings. The van der Waals surface area contributed by atoms with Gasteiger partial charge in [0.25, 0.3) is 5.91 Å². The quantitative estimate of drug-likeness (QED) is 0.572. The van der Waals surface area contributed by atoms with Crippen molar-refractivity contribution in [2.75, 3.05) is 11.4 Å². The zero-order chi connectivity index (χ0) is 19.4. The van der Waals surface area contributed by atoms with Crippen LogP contribution in [0.3, 0.4) is 0 Å². The molecule has 0 aliphatic carbocycles. The Hall–Kier alpha value is -2.60. The third-order valence-electron chi connectivity index (χ3n) is 4.20. The standard InChI is InChI=1S/C21H22FN3OS/c1-4-5-10-25(20(26)17-8-6-7-9-18(17)22)21-24-23-19(27-21)16-12-14(2)11-15(3)13-16/h6-9,11-13H,4-5,10H2,1-3H3. The SMILES string of the molecule is CCCCN(C(=O)c1ccccc1F)c1nnc(-c2cc(C)cc(C)c2)s1. The van der Waals surface area contributed by atoms with Crippen LogP contribution in [0.4, 0.5) is 9.52 Å². The van der Waals surface area contributed by atoms with Crippen LogP contribution < -0.4 is 4.90 Å². The van der Waals surface area contributed by atoms with E-state index in [4.69, 9.17) is 0 Å². The highest BCUT2D eigenvalue weighted by Gasteiger charge is 2.23. The molecule has 0 spiro atoms. The Balaban J connectivity index is 1.95. The third-order valence-corrected chi connectivity index (χ3v) is 5.19. The van der Waals surface area contributed by atoms with Gasteiger partial charge in [-0.1, -0.05) is 54.0 Å². The van der Waals surface area contributed by atoms with Crippen LogP contribution >= 0.6 is 11.3 Å². The van der Waals surface area contributed by atoms with Crippen LogP contribution in [-0.4, -0.2) is 22.6 Å². The van der Waals surface area contributed by atoms with Gasteiger partial charge in [0.1, 0.15) is 10.8 Å². The molecule has 3 aromatic rings. The van der Waals surface area contributed by atoms with Crippen molar-refractivity contribution in [2.45, 2.75) is 33.6 Å². The van der Waals surface area contributed by atoms with Crippen LogP contribution in [-0.2, 0) is 0 Å². The topological polar surface area (TPSA) is 46.1 Å².